The molecule has 2 aromatic heterocycles. The Kier molecular flexibility index (Phi) is 12.7. The van der Waals surface area contributed by atoms with Gasteiger partial charge in [-0.2, -0.15) is 13.2 Å². The number of aromatic nitrogens is 3. The number of fused-ring (bicyclic) bond motifs is 1. The van der Waals surface area contributed by atoms with Crippen molar-refractivity contribution in [2.24, 2.45) is 4.99 Å². The zero-order chi connectivity index (χ0) is 31.6. The van der Waals surface area contributed by atoms with Gasteiger partial charge in [-0.05, 0) is 13.8 Å². The third-order valence-electron chi connectivity index (χ3n) is 5.84. The van der Waals surface area contributed by atoms with Gasteiger partial charge in [0.25, 0.3) is 0 Å². The summed E-state index contributed by atoms with van der Waals surface area (Å²) in [5.74, 6) is 4.76. The van der Waals surface area contributed by atoms with E-state index in [2.05, 4.69) is 33.4 Å². The van der Waals surface area contributed by atoms with Crippen LogP contribution in [0.25, 0.3) is 11.0 Å². The summed E-state index contributed by atoms with van der Waals surface area (Å²) in [4.78, 5) is 26.1. The van der Waals surface area contributed by atoms with Gasteiger partial charge in [0.1, 0.15) is 36.9 Å². The Morgan fingerprint density at radius 1 is 1.40 bits per heavy atom. The Bertz CT molecular complexity index is 1340. The molecule has 2 N–H and O–H groups in total. The van der Waals surface area contributed by atoms with Crippen LogP contribution in [0.3, 0.4) is 0 Å². The summed E-state index contributed by atoms with van der Waals surface area (Å²) in [6, 6.07) is 0. The first kappa shape index (κ1) is 34.7. The summed E-state index contributed by atoms with van der Waals surface area (Å²) in [6.07, 6.45) is 0.723. The molecule has 16 heteroatoms. The number of aliphatic imine (C=N–C) groups is 1. The predicted molar refractivity (Wildman–Crippen MR) is 161 cm³/mol. The highest BCUT2D eigenvalue weighted by atomic mass is 33.1. The molecule has 0 bridgehead atoms. The topological polar surface area (TPSA) is 123 Å². The molecule has 1 aliphatic rings. The van der Waals surface area contributed by atoms with E-state index in [1.165, 1.54) is 27.9 Å². The third kappa shape index (κ3) is 10.1. The van der Waals surface area contributed by atoms with Gasteiger partial charge in [0.15, 0.2) is 5.82 Å². The standard InChI is InChI=1S/C27H35F3N6O5S2/c1-6-9-40-19-11-21(41-20(19)13-37)36-12-18(22-23(34-16-35(4)5)32-15-33-24(22)36)8-7-10-39-17-42-43-26(2,3)14-31-25(38)27(28,29)30/h6,12,15-16,19-21,37H,1,9-11,13-14,17H2,2-5H3,(H,31,38)/b34-16+/t19?,20-,21-/m1/s1. The molecule has 0 saturated carbocycles. The molecule has 1 amide bonds. The van der Waals surface area contributed by atoms with Crippen LogP contribution in [0.5, 0.6) is 0 Å². The van der Waals surface area contributed by atoms with Gasteiger partial charge in [0, 0.05) is 38.0 Å². The van der Waals surface area contributed by atoms with Gasteiger partial charge < -0.3 is 34.1 Å². The Balaban J connectivity index is 1.70. The quantitative estimate of drug-likeness (QED) is 0.0599. The highest BCUT2D eigenvalue weighted by molar-refractivity contribution is 8.77. The van der Waals surface area contributed by atoms with Crippen molar-refractivity contribution >= 4 is 50.7 Å². The van der Waals surface area contributed by atoms with Crippen LogP contribution in [0.15, 0.2) is 30.2 Å². The van der Waals surface area contributed by atoms with E-state index in [1.54, 1.807) is 37.4 Å². The van der Waals surface area contributed by atoms with Gasteiger partial charge in [-0.25, -0.2) is 15.0 Å². The highest BCUT2D eigenvalue weighted by Gasteiger charge is 2.39. The van der Waals surface area contributed by atoms with Crippen molar-refractivity contribution in [1.29, 1.82) is 0 Å². The lowest BCUT2D eigenvalue weighted by Crippen LogP contribution is -2.42. The summed E-state index contributed by atoms with van der Waals surface area (Å²) >= 11 is 0. The fraction of sp³-hybridized carbons (Fsp3) is 0.556. The van der Waals surface area contributed by atoms with E-state index in [4.69, 9.17) is 14.2 Å². The average Bonchev–Trinajstić information content (AvgIpc) is 3.54. The monoisotopic (exact) mass is 644 g/mol. The maximum Gasteiger partial charge on any atom is 0.471 e. The second-order valence-electron chi connectivity index (χ2n) is 10.2. The molecule has 0 spiro atoms. The summed E-state index contributed by atoms with van der Waals surface area (Å²) in [7, 11) is 6.27. The highest BCUT2D eigenvalue weighted by Crippen LogP contribution is 2.37. The first-order valence-electron chi connectivity index (χ1n) is 13.1. The Morgan fingerprint density at radius 2 is 2.16 bits per heavy atom. The van der Waals surface area contributed by atoms with Crippen LogP contribution in [0.4, 0.5) is 19.0 Å². The molecule has 1 unspecified atom stereocenters. The van der Waals surface area contributed by atoms with Crippen LogP contribution in [0, 0.1) is 11.8 Å². The van der Waals surface area contributed by atoms with Gasteiger partial charge in [-0.15, -0.1) is 6.58 Å². The molecule has 3 rings (SSSR count). The largest absolute Gasteiger partial charge is 0.471 e. The Hall–Kier alpha value is -2.81. The molecule has 3 heterocycles. The maximum atomic E-state index is 12.4. The Morgan fingerprint density at radius 3 is 2.84 bits per heavy atom. The van der Waals surface area contributed by atoms with Crippen molar-refractivity contribution in [2.45, 2.75) is 49.6 Å². The number of nitrogens with zero attached hydrogens (tertiary/aromatic N) is 5. The number of halogens is 3. The number of aliphatic hydroxyl groups is 1. The molecule has 0 aromatic carbocycles. The third-order valence-corrected chi connectivity index (χ3v) is 8.82. The van der Waals surface area contributed by atoms with E-state index in [0.717, 1.165) is 0 Å². The zero-order valence-electron chi connectivity index (χ0n) is 24.3. The van der Waals surface area contributed by atoms with Crippen molar-refractivity contribution in [2.75, 3.05) is 46.4 Å². The zero-order valence-corrected chi connectivity index (χ0v) is 25.9. The van der Waals surface area contributed by atoms with Crippen molar-refractivity contribution in [1.82, 2.24) is 24.8 Å². The number of nitrogens with one attached hydrogen (secondary N) is 1. The van der Waals surface area contributed by atoms with Crippen LogP contribution in [-0.2, 0) is 19.0 Å². The van der Waals surface area contributed by atoms with Gasteiger partial charge in [0.05, 0.1) is 36.6 Å². The second kappa shape index (κ2) is 15.8. The average molecular weight is 645 g/mol. The molecule has 0 aliphatic carbocycles. The molecular weight excluding hydrogens is 609 g/mol. The Labute approximate surface area is 256 Å². The lowest BCUT2D eigenvalue weighted by atomic mass is 10.2. The minimum Gasteiger partial charge on any atom is -0.394 e. The SMILES string of the molecule is C=CCOC1C[C@H](n2cc(C#CCOCSSC(C)(C)CNC(=O)C(F)(F)F)c3c(/N=C/N(C)C)ncnc32)O[C@@H]1CO. The molecule has 2 aromatic rings. The van der Waals surface area contributed by atoms with Crippen LogP contribution in [0.2, 0.25) is 0 Å². The lowest BCUT2D eigenvalue weighted by Gasteiger charge is -2.23. The molecular formula is C27H35F3N6O5S2. The number of amides is 1. The summed E-state index contributed by atoms with van der Waals surface area (Å²) in [6.45, 7) is 7.17. The number of hydrogen-bond acceptors (Lipinski definition) is 10. The normalized spacial score (nSPS) is 19.0. The summed E-state index contributed by atoms with van der Waals surface area (Å²) in [5.41, 5.74) is 1.16. The van der Waals surface area contributed by atoms with Crippen molar-refractivity contribution in [3.8, 4) is 11.8 Å². The summed E-state index contributed by atoms with van der Waals surface area (Å²) in [5, 5.41) is 12.3. The van der Waals surface area contributed by atoms with Gasteiger partial charge in [-0.1, -0.05) is 39.5 Å². The van der Waals surface area contributed by atoms with E-state index in [-0.39, 0.29) is 31.8 Å². The van der Waals surface area contributed by atoms with Gasteiger partial charge in [-0.3, -0.25) is 4.79 Å². The fourth-order valence-corrected chi connectivity index (χ4v) is 6.05. The van der Waals surface area contributed by atoms with Crippen molar-refractivity contribution in [3.63, 3.8) is 0 Å². The first-order valence-corrected chi connectivity index (χ1v) is 15.5. The van der Waals surface area contributed by atoms with Gasteiger partial charge >= 0.3 is 12.1 Å². The number of rotatable bonds is 14. The lowest BCUT2D eigenvalue weighted by molar-refractivity contribution is -0.173. The number of hydrogen-bond donors (Lipinski definition) is 2. The predicted octanol–water partition coefficient (Wildman–Crippen LogP) is 3.67. The van der Waals surface area contributed by atoms with Gasteiger partial charge in [0.2, 0.25) is 0 Å². The fourth-order valence-electron chi connectivity index (χ4n) is 3.92. The molecule has 0 radical (unpaired) electrons. The molecule has 11 nitrogen and oxygen atoms in total. The molecule has 43 heavy (non-hydrogen) atoms. The smallest absolute Gasteiger partial charge is 0.394 e. The van der Waals surface area contributed by atoms with Crippen LogP contribution < -0.4 is 5.32 Å². The van der Waals surface area contributed by atoms with E-state index < -0.39 is 29.2 Å². The van der Waals surface area contributed by atoms with E-state index in [0.29, 0.717) is 35.4 Å². The summed E-state index contributed by atoms with van der Waals surface area (Å²) < 4.78 is 55.9. The van der Waals surface area contributed by atoms with E-state index >= 15 is 0 Å². The maximum absolute atomic E-state index is 12.4. The minimum absolute atomic E-state index is 0.0828. The second-order valence-corrected chi connectivity index (χ2v) is 13.1. The van der Waals surface area contributed by atoms with Crippen LogP contribution in [0.1, 0.15) is 32.1 Å². The number of aliphatic hydroxyl groups excluding tert-OH is 1. The van der Waals surface area contributed by atoms with E-state index in [9.17, 15) is 23.1 Å². The molecule has 1 saturated heterocycles. The molecule has 236 valence electrons. The number of alkyl halides is 3. The van der Waals surface area contributed by atoms with Crippen molar-refractivity contribution in [3.05, 3.63) is 30.7 Å². The van der Waals surface area contributed by atoms with Crippen LogP contribution >= 0.6 is 21.6 Å². The molecule has 1 aliphatic heterocycles. The number of carbonyl (C=O) groups excluding carboxylic acids is 1. The van der Waals surface area contributed by atoms with E-state index in [1.807, 2.05) is 24.0 Å². The number of carbonyl (C=O) groups is 1. The van der Waals surface area contributed by atoms with Crippen LogP contribution in [-0.4, -0.2) is 106 Å². The molecule has 3 atom stereocenters. The first-order chi connectivity index (χ1) is 20.4. The minimum atomic E-state index is -4.91. The van der Waals surface area contributed by atoms with Crippen molar-refractivity contribution < 1.29 is 37.3 Å². The molecule has 1 fully saturated rings. The number of ether oxygens (including phenoxy) is 3.